The van der Waals surface area contributed by atoms with E-state index in [0.717, 1.165) is 11.1 Å². The Morgan fingerprint density at radius 1 is 1.23 bits per heavy atom. The quantitative estimate of drug-likeness (QED) is 0.723. The molecule has 3 rings (SSSR count). The summed E-state index contributed by atoms with van der Waals surface area (Å²) < 4.78 is 12.7. The fourth-order valence-corrected chi connectivity index (χ4v) is 4.42. The third-order valence-electron chi connectivity index (χ3n) is 4.25. The zero-order valence-electron chi connectivity index (χ0n) is 14.3. The summed E-state index contributed by atoms with van der Waals surface area (Å²) in [5, 5.41) is 3.86. The van der Waals surface area contributed by atoms with E-state index in [-0.39, 0.29) is 13.2 Å². The molecule has 0 saturated carbocycles. The van der Waals surface area contributed by atoms with Crippen LogP contribution in [-0.2, 0) is 27.3 Å². The Labute approximate surface area is 152 Å². The molecule has 0 radical (unpaired) electrons. The average molecular weight is 375 g/mol. The monoisotopic (exact) mass is 375 g/mol. The third kappa shape index (κ3) is 4.77. The van der Waals surface area contributed by atoms with Gasteiger partial charge in [0.25, 0.3) is 13.4 Å². The number of aromatic nitrogens is 1. The number of pyridine rings is 1. The number of hydroxylamine groups is 2. The van der Waals surface area contributed by atoms with Crippen molar-refractivity contribution in [1.82, 2.24) is 15.1 Å². The molecule has 1 saturated heterocycles. The normalized spacial score (nSPS) is 20.0. The van der Waals surface area contributed by atoms with E-state index in [1.165, 1.54) is 5.06 Å². The predicted octanol–water partition coefficient (Wildman–Crippen LogP) is 2.48. The molecule has 0 spiro atoms. The first-order chi connectivity index (χ1) is 12.6. The van der Waals surface area contributed by atoms with Gasteiger partial charge < -0.3 is 4.89 Å². The lowest BCUT2D eigenvalue weighted by molar-refractivity contribution is -0.196. The molecule has 1 aromatic carbocycles. The Bertz CT molecular complexity index is 773. The van der Waals surface area contributed by atoms with Gasteiger partial charge in [0, 0.05) is 25.5 Å². The van der Waals surface area contributed by atoms with Crippen molar-refractivity contribution in [2.45, 2.75) is 31.7 Å². The third-order valence-corrected chi connectivity index (χ3v) is 6.19. The standard InChI is InChI=1S/C18H22N3O4P/c22-18-17(26(23,24)20-13-16-8-4-10-19-12-16)9-5-11-21(18)25-14-15-6-2-1-3-7-15/h1-4,6-8,10,12,17H,5,9,11,13-14H2,(H2,20,23,24). The lowest BCUT2D eigenvalue weighted by Gasteiger charge is -2.33. The van der Waals surface area contributed by atoms with Crippen LogP contribution in [0.3, 0.4) is 0 Å². The Morgan fingerprint density at radius 3 is 2.73 bits per heavy atom. The highest BCUT2D eigenvalue weighted by Crippen LogP contribution is 2.46. The molecule has 2 N–H and O–H groups in total. The molecule has 1 aliphatic rings. The van der Waals surface area contributed by atoms with Crippen molar-refractivity contribution in [2.24, 2.45) is 0 Å². The van der Waals surface area contributed by atoms with E-state index in [2.05, 4.69) is 10.1 Å². The summed E-state index contributed by atoms with van der Waals surface area (Å²) in [7, 11) is -3.87. The van der Waals surface area contributed by atoms with Crippen molar-refractivity contribution in [2.75, 3.05) is 6.54 Å². The first-order valence-corrected chi connectivity index (χ1v) is 10.2. The highest BCUT2D eigenvalue weighted by molar-refractivity contribution is 7.57. The lowest BCUT2D eigenvalue weighted by Crippen LogP contribution is -2.45. The van der Waals surface area contributed by atoms with E-state index < -0.39 is 19.1 Å². The fraction of sp³-hybridized carbons (Fsp3) is 0.333. The molecule has 2 atom stereocenters. The highest BCUT2D eigenvalue weighted by atomic mass is 31.2. The zero-order chi connectivity index (χ0) is 18.4. The number of nitrogens with zero attached hydrogens (tertiary/aromatic N) is 2. The summed E-state index contributed by atoms with van der Waals surface area (Å²) >= 11 is 0. The molecular weight excluding hydrogens is 353 g/mol. The number of benzene rings is 1. The van der Waals surface area contributed by atoms with Gasteiger partial charge in [0.05, 0.1) is 0 Å². The van der Waals surface area contributed by atoms with Gasteiger partial charge in [-0.2, -0.15) is 0 Å². The molecule has 7 nitrogen and oxygen atoms in total. The maximum atomic E-state index is 12.7. The summed E-state index contributed by atoms with van der Waals surface area (Å²) in [5.41, 5.74) is 0.718. The van der Waals surface area contributed by atoms with Gasteiger partial charge in [-0.1, -0.05) is 36.4 Å². The molecule has 8 heteroatoms. The molecular formula is C18H22N3O4P. The first kappa shape index (κ1) is 18.7. The van der Waals surface area contributed by atoms with Crippen molar-refractivity contribution in [3.05, 3.63) is 66.0 Å². The Morgan fingerprint density at radius 2 is 2.00 bits per heavy atom. The molecule has 1 fully saturated rings. The average Bonchev–Trinajstić information content (AvgIpc) is 2.67. The molecule has 0 aliphatic carbocycles. The molecule has 2 unspecified atom stereocenters. The second-order valence-electron chi connectivity index (χ2n) is 6.18. The number of hydrogen-bond acceptors (Lipinski definition) is 4. The number of amides is 1. The number of piperidine rings is 1. The van der Waals surface area contributed by atoms with Gasteiger partial charge in [0.2, 0.25) is 0 Å². The summed E-state index contributed by atoms with van der Waals surface area (Å²) in [6.45, 7) is 0.846. The zero-order valence-corrected chi connectivity index (χ0v) is 15.2. The number of rotatable bonds is 7. The number of nitrogens with one attached hydrogen (secondary N) is 1. The van der Waals surface area contributed by atoms with Gasteiger partial charge in [-0.25, -0.2) is 10.2 Å². The van der Waals surface area contributed by atoms with Crippen LogP contribution in [0.2, 0.25) is 0 Å². The summed E-state index contributed by atoms with van der Waals surface area (Å²) in [6, 6.07) is 13.0. The van der Waals surface area contributed by atoms with Gasteiger partial charge in [-0.3, -0.25) is 19.2 Å². The molecule has 2 aromatic rings. The fourth-order valence-electron chi connectivity index (χ4n) is 2.83. The van der Waals surface area contributed by atoms with Crippen molar-refractivity contribution in [3.63, 3.8) is 0 Å². The molecule has 1 aliphatic heterocycles. The van der Waals surface area contributed by atoms with Crippen LogP contribution in [0, 0.1) is 0 Å². The maximum Gasteiger partial charge on any atom is 0.279 e. The Hall–Kier alpha value is -2.05. The second-order valence-corrected chi connectivity index (χ2v) is 8.36. The Kier molecular flexibility index (Phi) is 6.16. The van der Waals surface area contributed by atoms with Crippen LogP contribution in [0.4, 0.5) is 0 Å². The maximum absolute atomic E-state index is 12.7. The van der Waals surface area contributed by atoms with Crippen LogP contribution >= 0.6 is 7.52 Å². The minimum absolute atomic E-state index is 0.177. The van der Waals surface area contributed by atoms with E-state index in [4.69, 9.17) is 4.84 Å². The van der Waals surface area contributed by atoms with Crippen LogP contribution in [0.1, 0.15) is 24.0 Å². The van der Waals surface area contributed by atoms with E-state index in [9.17, 15) is 14.3 Å². The molecule has 1 aromatic heterocycles. The van der Waals surface area contributed by atoms with E-state index >= 15 is 0 Å². The summed E-state index contributed by atoms with van der Waals surface area (Å²) in [6.07, 6.45) is 4.22. The van der Waals surface area contributed by atoms with Crippen molar-refractivity contribution in [3.8, 4) is 0 Å². The van der Waals surface area contributed by atoms with Crippen LogP contribution in [0.5, 0.6) is 0 Å². The van der Waals surface area contributed by atoms with Gasteiger partial charge in [0.15, 0.2) is 0 Å². The summed E-state index contributed by atoms with van der Waals surface area (Å²) in [4.78, 5) is 32.6. The number of hydrogen-bond donors (Lipinski definition) is 2. The van der Waals surface area contributed by atoms with Crippen molar-refractivity contribution >= 4 is 13.4 Å². The van der Waals surface area contributed by atoms with E-state index in [0.29, 0.717) is 19.4 Å². The predicted molar refractivity (Wildman–Crippen MR) is 96.9 cm³/mol. The second kappa shape index (κ2) is 8.56. The molecule has 26 heavy (non-hydrogen) atoms. The van der Waals surface area contributed by atoms with E-state index in [1.807, 2.05) is 30.3 Å². The minimum atomic E-state index is -3.87. The van der Waals surface area contributed by atoms with E-state index in [1.54, 1.807) is 24.5 Å². The number of carbonyl (C=O) groups is 1. The highest BCUT2D eigenvalue weighted by Gasteiger charge is 2.42. The van der Waals surface area contributed by atoms with Gasteiger partial charge in [-0.15, -0.1) is 0 Å². The lowest BCUT2D eigenvalue weighted by atomic mass is 10.1. The number of carbonyl (C=O) groups excluding carboxylic acids is 1. The molecule has 1 amide bonds. The molecule has 0 bridgehead atoms. The largest absolute Gasteiger partial charge is 0.333 e. The summed E-state index contributed by atoms with van der Waals surface area (Å²) in [5.74, 6) is -0.447. The van der Waals surface area contributed by atoms with Crippen molar-refractivity contribution < 1.29 is 19.1 Å². The van der Waals surface area contributed by atoms with Gasteiger partial charge >= 0.3 is 0 Å². The Balaban J connectivity index is 1.59. The van der Waals surface area contributed by atoms with Gasteiger partial charge in [0.1, 0.15) is 12.3 Å². The van der Waals surface area contributed by atoms with Crippen LogP contribution in [0.15, 0.2) is 54.9 Å². The minimum Gasteiger partial charge on any atom is -0.333 e. The van der Waals surface area contributed by atoms with Crippen molar-refractivity contribution in [1.29, 1.82) is 0 Å². The van der Waals surface area contributed by atoms with Crippen LogP contribution < -0.4 is 5.09 Å². The van der Waals surface area contributed by atoms with Crippen LogP contribution in [-0.4, -0.2) is 33.1 Å². The van der Waals surface area contributed by atoms with Crippen LogP contribution in [0.25, 0.3) is 0 Å². The first-order valence-electron chi connectivity index (χ1n) is 8.51. The smallest absolute Gasteiger partial charge is 0.279 e. The topological polar surface area (TPSA) is 91.8 Å². The molecule has 138 valence electrons. The molecule has 2 heterocycles. The SMILES string of the molecule is O=C1C(P(=O)(O)NCc2cccnc2)CCCN1OCc1ccccc1. The van der Waals surface area contributed by atoms with Gasteiger partial charge in [-0.05, 0) is 30.0 Å².